The molecule has 5 nitrogen and oxygen atoms in total. The van der Waals surface area contributed by atoms with Gasteiger partial charge >= 0.3 is 0 Å². The molecular formula is C16H26N2O3. The Morgan fingerprint density at radius 1 is 1.29 bits per heavy atom. The maximum absolute atomic E-state index is 11.9. The lowest BCUT2D eigenvalue weighted by atomic mass is 10.1. The Labute approximate surface area is 125 Å². The molecule has 0 bridgehead atoms. The monoisotopic (exact) mass is 294 g/mol. The average molecular weight is 294 g/mol. The van der Waals surface area contributed by atoms with Crippen molar-refractivity contribution in [1.82, 2.24) is 9.47 Å². The third-order valence-corrected chi connectivity index (χ3v) is 4.14. The number of nitrogens with zero attached hydrogens (tertiary/aromatic N) is 2. The third kappa shape index (κ3) is 3.86. The fraction of sp³-hybridized carbons (Fsp3) is 0.688. The Hall–Kier alpha value is -1.33. The first kappa shape index (κ1) is 16.0. The summed E-state index contributed by atoms with van der Waals surface area (Å²) in [4.78, 5) is 14.1. The van der Waals surface area contributed by atoms with E-state index in [0.717, 1.165) is 32.4 Å². The van der Waals surface area contributed by atoms with Gasteiger partial charge in [0, 0.05) is 24.8 Å². The highest BCUT2D eigenvalue weighted by Crippen LogP contribution is 2.21. The molecule has 1 aliphatic heterocycles. The average Bonchev–Trinajstić information content (AvgIpc) is 2.95. The van der Waals surface area contributed by atoms with Crippen LogP contribution in [-0.2, 0) is 19.7 Å². The summed E-state index contributed by atoms with van der Waals surface area (Å²) < 4.78 is 1.93. The third-order valence-electron chi connectivity index (χ3n) is 4.14. The van der Waals surface area contributed by atoms with Crippen LogP contribution in [-0.4, -0.2) is 32.8 Å². The van der Waals surface area contributed by atoms with E-state index in [-0.39, 0.29) is 12.4 Å². The van der Waals surface area contributed by atoms with E-state index < -0.39 is 5.43 Å². The topological polar surface area (TPSA) is 65.7 Å². The van der Waals surface area contributed by atoms with Crippen molar-refractivity contribution in [3.63, 3.8) is 0 Å². The summed E-state index contributed by atoms with van der Waals surface area (Å²) in [5.74, 6) is 0.362. The second-order valence-electron chi connectivity index (χ2n) is 6.27. The number of aromatic hydroxyl groups is 1. The summed E-state index contributed by atoms with van der Waals surface area (Å²) in [5.41, 5.74) is 0.843. The largest absolute Gasteiger partial charge is 0.503 e. The number of aromatic nitrogens is 1. The number of aliphatic hydroxyl groups excluding tert-OH is 1. The number of aliphatic hydroxyl groups is 1. The zero-order valence-electron chi connectivity index (χ0n) is 13.0. The number of hydrogen-bond donors (Lipinski definition) is 2. The van der Waals surface area contributed by atoms with Crippen molar-refractivity contribution in [1.29, 1.82) is 0 Å². The van der Waals surface area contributed by atoms with Gasteiger partial charge in [0.15, 0.2) is 5.75 Å². The van der Waals surface area contributed by atoms with Crippen molar-refractivity contribution in [3.8, 4) is 5.75 Å². The molecule has 118 valence electrons. The maximum atomic E-state index is 11.9. The molecule has 2 rings (SSSR count). The van der Waals surface area contributed by atoms with Crippen LogP contribution in [0.2, 0.25) is 0 Å². The standard InChI is InChI=1S/C16H26N2O3/c1-12(2)5-8-18-13(11-19)9-15(20)16(21)14(18)10-17-6-3-4-7-17/h9,12,19,21H,3-8,10-11H2,1-2H3. The van der Waals surface area contributed by atoms with Crippen LogP contribution in [0.25, 0.3) is 0 Å². The number of pyridine rings is 1. The Morgan fingerprint density at radius 3 is 2.52 bits per heavy atom. The summed E-state index contributed by atoms with van der Waals surface area (Å²) in [6.07, 6.45) is 3.27. The van der Waals surface area contributed by atoms with Crippen LogP contribution in [0.1, 0.15) is 44.5 Å². The van der Waals surface area contributed by atoms with Gasteiger partial charge in [-0.05, 0) is 38.3 Å². The zero-order chi connectivity index (χ0) is 15.4. The van der Waals surface area contributed by atoms with Gasteiger partial charge in [0.25, 0.3) is 0 Å². The lowest BCUT2D eigenvalue weighted by Gasteiger charge is -2.23. The minimum absolute atomic E-state index is 0.164. The van der Waals surface area contributed by atoms with Crippen LogP contribution < -0.4 is 5.43 Å². The van der Waals surface area contributed by atoms with Crippen molar-refractivity contribution >= 4 is 0 Å². The molecule has 0 atom stereocenters. The number of hydrogen-bond acceptors (Lipinski definition) is 4. The Bertz CT molecular complexity index is 531. The van der Waals surface area contributed by atoms with E-state index in [2.05, 4.69) is 18.7 Å². The van der Waals surface area contributed by atoms with Crippen molar-refractivity contribution in [2.45, 2.75) is 52.8 Å². The lowest BCUT2D eigenvalue weighted by molar-refractivity contribution is 0.259. The molecule has 0 aliphatic carbocycles. The van der Waals surface area contributed by atoms with Gasteiger partial charge in [-0.15, -0.1) is 0 Å². The zero-order valence-corrected chi connectivity index (χ0v) is 13.0. The molecule has 1 aliphatic rings. The summed E-state index contributed by atoms with van der Waals surface area (Å²) in [5, 5.41) is 19.7. The molecule has 0 amide bonds. The van der Waals surface area contributed by atoms with Crippen LogP contribution in [0.5, 0.6) is 5.75 Å². The fourth-order valence-electron chi connectivity index (χ4n) is 2.85. The molecule has 5 heteroatoms. The minimum atomic E-state index is -0.394. The fourth-order valence-corrected chi connectivity index (χ4v) is 2.85. The van der Waals surface area contributed by atoms with Crippen LogP contribution in [0.4, 0.5) is 0 Å². The van der Waals surface area contributed by atoms with Crippen LogP contribution >= 0.6 is 0 Å². The van der Waals surface area contributed by atoms with E-state index >= 15 is 0 Å². The van der Waals surface area contributed by atoms with Gasteiger partial charge < -0.3 is 14.8 Å². The van der Waals surface area contributed by atoms with Gasteiger partial charge in [-0.1, -0.05) is 13.8 Å². The Balaban J connectivity index is 2.36. The summed E-state index contributed by atoms with van der Waals surface area (Å²) in [6, 6.07) is 1.35. The first-order valence-electron chi connectivity index (χ1n) is 7.80. The number of rotatable bonds is 6. The van der Waals surface area contributed by atoms with E-state index in [1.165, 1.54) is 6.07 Å². The molecular weight excluding hydrogens is 268 g/mol. The molecule has 0 aromatic carbocycles. The summed E-state index contributed by atoms with van der Waals surface area (Å²) in [7, 11) is 0. The molecule has 2 N–H and O–H groups in total. The van der Waals surface area contributed by atoms with Crippen molar-refractivity contribution < 1.29 is 10.2 Å². The minimum Gasteiger partial charge on any atom is -0.503 e. The smallest absolute Gasteiger partial charge is 0.223 e. The van der Waals surface area contributed by atoms with E-state index in [9.17, 15) is 15.0 Å². The highest BCUT2D eigenvalue weighted by molar-refractivity contribution is 5.30. The van der Waals surface area contributed by atoms with E-state index in [4.69, 9.17) is 0 Å². The predicted octanol–water partition coefficient (Wildman–Crippen LogP) is 1.69. The van der Waals surface area contributed by atoms with Crippen molar-refractivity contribution in [3.05, 3.63) is 27.7 Å². The lowest BCUT2D eigenvalue weighted by Crippen LogP contribution is -2.26. The highest BCUT2D eigenvalue weighted by atomic mass is 16.3. The normalized spacial score (nSPS) is 16.0. The Morgan fingerprint density at radius 2 is 1.95 bits per heavy atom. The quantitative estimate of drug-likeness (QED) is 0.838. The second kappa shape index (κ2) is 7.09. The first-order chi connectivity index (χ1) is 10.0. The second-order valence-corrected chi connectivity index (χ2v) is 6.27. The molecule has 0 spiro atoms. The molecule has 0 radical (unpaired) electrons. The van der Waals surface area contributed by atoms with Gasteiger partial charge in [0.05, 0.1) is 12.3 Å². The Kier molecular flexibility index (Phi) is 5.42. The molecule has 0 saturated carbocycles. The SMILES string of the molecule is CC(C)CCn1c(CO)cc(=O)c(O)c1CN1CCCC1. The van der Waals surface area contributed by atoms with E-state index in [0.29, 0.717) is 30.4 Å². The van der Waals surface area contributed by atoms with Crippen LogP contribution in [0, 0.1) is 5.92 Å². The first-order valence-corrected chi connectivity index (χ1v) is 7.80. The van der Waals surface area contributed by atoms with Crippen molar-refractivity contribution in [2.24, 2.45) is 5.92 Å². The molecule has 1 aromatic heterocycles. The maximum Gasteiger partial charge on any atom is 0.223 e. The van der Waals surface area contributed by atoms with Crippen LogP contribution in [0.15, 0.2) is 10.9 Å². The van der Waals surface area contributed by atoms with E-state index in [1.54, 1.807) is 0 Å². The van der Waals surface area contributed by atoms with Gasteiger partial charge in [0.1, 0.15) is 0 Å². The molecule has 2 heterocycles. The predicted molar refractivity (Wildman–Crippen MR) is 82.3 cm³/mol. The molecule has 1 fully saturated rings. The van der Waals surface area contributed by atoms with E-state index in [1.807, 2.05) is 4.57 Å². The molecule has 1 saturated heterocycles. The molecule has 1 aromatic rings. The van der Waals surface area contributed by atoms with Gasteiger partial charge in [-0.2, -0.15) is 0 Å². The summed E-state index contributed by atoms with van der Waals surface area (Å²) >= 11 is 0. The highest BCUT2D eigenvalue weighted by Gasteiger charge is 2.19. The summed E-state index contributed by atoms with van der Waals surface area (Å²) in [6.45, 7) is 7.39. The van der Waals surface area contributed by atoms with Gasteiger partial charge in [-0.3, -0.25) is 9.69 Å². The van der Waals surface area contributed by atoms with Crippen molar-refractivity contribution in [2.75, 3.05) is 13.1 Å². The van der Waals surface area contributed by atoms with Gasteiger partial charge in [-0.25, -0.2) is 0 Å². The number of likely N-dealkylation sites (tertiary alicyclic amines) is 1. The van der Waals surface area contributed by atoms with Crippen LogP contribution in [0.3, 0.4) is 0 Å². The molecule has 0 unspecified atom stereocenters. The van der Waals surface area contributed by atoms with Gasteiger partial charge in [0.2, 0.25) is 5.43 Å². The molecule has 21 heavy (non-hydrogen) atoms.